The molecule has 0 fully saturated rings. The summed E-state index contributed by atoms with van der Waals surface area (Å²) < 4.78 is 5.89. The summed E-state index contributed by atoms with van der Waals surface area (Å²) in [6.07, 6.45) is 47.7. The van der Waals surface area contributed by atoms with Crippen LogP contribution in [0.15, 0.2) is 36.5 Å². The molecule has 0 heterocycles. The number of nitrogens with one attached hydrogen (secondary N) is 1. The van der Waals surface area contributed by atoms with Gasteiger partial charge in [0, 0.05) is 6.42 Å². The molecule has 0 spiro atoms. The molecule has 0 rings (SSSR count). The van der Waals surface area contributed by atoms with E-state index in [1.54, 1.807) is 0 Å². The van der Waals surface area contributed by atoms with Gasteiger partial charge in [0.15, 0.2) is 0 Å². The van der Waals surface area contributed by atoms with E-state index in [4.69, 9.17) is 4.74 Å². The standard InChI is InChI=1S/C48H89NO5/c1-4-7-10-13-16-19-22-25-27-30-33-36-39-44(54-48(53)41-38-35-32-29-26-23-20-17-14-11-8-5-2)42-47(52)49-45(43-50)46(51)40-37-34-31-28-24-21-18-15-12-9-6-3/h7,10,16-17,19-20,44-46,50-51H,4-6,8-9,11-15,18,21-43H2,1-3H3,(H,49,52)/b10-7+,19-16+,20-17-. The van der Waals surface area contributed by atoms with Crippen LogP contribution in [0.25, 0.3) is 0 Å². The summed E-state index contributed by atoms with van der Waals surface area (Å²) in [4.78, 5) is 26.0. The molecule has 0 radical (unpaired) electrons. The molecule has 0 aromatic carbocycles. The molecular weight excluding hydrogens is 671 g/mol. The number of unbranched alkanes of at least 4 members (excludes halogenated alkanes) is 23. The predicted octanol–water partition coefficient (Wildman–Crippen LogP) is 13.3. The van der Waals surface area contributed by atoms with Gasteiger partial charge in [0.1, 0.15) is 6.10 Å². The average Bonchev–Trinajstić information content (AvgIpc) is 3.16. The zero-order chi connectivity index (χ0) is 39.6. The number of hydrogen-bond acceptors (Lipinski definition) is 5. The number of carbonyl (C=O) groups is 2. The summed E-state index contributed by atoms with van der Waals surface area (Å²) in [5, 5.41) is 23.6. The molecule has 0 aliphatic carbocycles. The normalized spacial score (nSPS) is 13.6. The second-order valence-electron chi connectivity index (χ2n) is 15.8. The molecule has 3 N–H and O–H groups in total. The summed E-state index contributed by atoms with van der Waals surface area (Å²) in [5.74, 6) is -0.497. The first-order chi connectivity index (χ1) is 26.5. The van der Waals surface area contributed by atoms with Gasteiger partial charge in [0.25, 0.3) is 0 Å². The highest BCUT2D eigenvalue weighted by Gasteiger charge is 2.24. The number of aliphatic hydroxyl groups excluding tert-OH is 2. The Hall–Kier alpha value is -1.92. The van der Waals surface area contributed by atoms with Crippen LogP contribution in [-0.4, -0.2) is 46.9 Å². The topological polar surface area (TPSA) is 95.9 Å². The van der Waals surface area contributed by atoms with Gasteiger partial charge >= 0.3 is 5.97 Å². The van der Waals surface area contributed by atoms with Gasteiger partial charge in [-0.15, -0.1) is 0 Å². The Kier molecular flexibility index (Phi) is 40.7. The van der Waals surface area contributed by atoms with Crippen molar-refractivity contribution in [1.82, 2.24) is 5.32 Å². The molecule has 0 aliphatic rings. The fourth-order valence-electron chi connectivity index (χ4n) is 6.93. The fraction of sp³-hybridized carbons (Fsp3) is 0.833. The zero-order valence-corrected chi connectivity index (χ0v) is 35.9. The van der Waals surface area contributed by atoms with Gasteiger partial charge < -0.3 is 20.3 Å². The van der Waals surface area contributed by atoms with Crippen molar-refractivity contribution in [1.29, 1.82) is 0 Å². The van der Waals surface area contributed by atoms with Crippen LogP contribution in [-0.2, 0) is 14.3 Å². The molecule has 0 aliphatic heterocycles. The molecule has 0 aromatic rings. The van der Waals surface area contributed by atoms with Crippen molar-refractivity contribution in [2.45, 2.75) is 251 Å². The predicted molar refractivity (Wildman–Crippen MR) is 232 cm³/mol. The zero-order valence-electron chi connectivity index (χ0n) is 35.9. The van der Waals surface area contributed by atoms with E-state index in [1.165, 1.54) is 103 Å². The van der Waals surface area contributed by atoms with Crippen LogP contribution >= 0.6 is 0 Å². The van der Waals surface area contributed by atoms with Crippen LogP contribution in [0.4, 0.5) is 0 Å². The quantitative estimate of drug-likeness (QED) is 0.0328. The third kappa shape index (κ3) is 37.0. The van der Waals surface area contributed by atoms with Gasteiger partial charge in [-0.1, -0.05) is 179 Å². The number of ether oxygens (including phenoxy) is 1. The summed E-state index contributed by atoms with van der Waals surface area (Å²) in [6.45, 7) is 6.33. The third-order valence-corrected chi connectivity index (χ3v) is 10.5. The largest absolute Gasteiger partial charge is 0.462 e. The highest BCUT2D eigenvalue weighted by molar-refractivity contribution is 5.77. The molecule has 3 atom stereocenters. The highest BCUT2D eigenvalue weighted by Crippen LogP contribution is 2.17. The van der Waals surface area contributed by atoms with Crippen molar-refractivity contribution < 1.29 is 24.5 Å². The molecule has 1 amide bonds. The maximum absolute atomic E-state index is 13.1. The minimum absolute atomic E-state index is 0.0661. The minimum Gasteiger partial charge on any atom is -0.462 e. The van der Waals surface area contributed by atoms with Crippen LogP contribution in [0, 0.1) is 0 Å². The first-order valence-electron chi connectivity index (χ1n) is 23.2. The molecule has 316 valence electrons. The minimum atomic E-state index is -0.789. The van der Waals surface area contributed by atoms with Crippen molar-refractivity contribution in [3.8, 4) is 0 Å². The Labute approximate surface area is 334 Å². The van der Waals surface area contributed by atoms with E-state index >= 15 is 0 Å². The summed E-state index contributed by atoms with van der Waals surface area (Å²) in [5.41, 5.74) is 0. The van der Waals surface area contributed by atoms with Gasteiger partial charge in [-0.25, -0.2) is 0 Å². The van der Waals surface area contributed by atoms with E-state index in [0.717, 1.165) is 83.5 Å². The first kappa shape index (κ1) is 52.1. The van der Waals surface area contributed by atoms with E-state index in [1.807, 2.05) is 0 Å². The lowest BCUT2D eigenvalue weighted by Gasteiger charge is -2.24. The fourth-order valence-corrected chi connectivity index (χ4v) is 6.93. The van der Waals surface area contributed by atoms with E-state index in [9.17, 15) is 19.8 Å². The van der Waals surface area contributed by atoms with Gasteiger partial charge in [0.05, 0.1) is 25.2 Å². The maximum atomic E-state index is 13.1. The molecule has 3 unspecified atom stereocenters. The van der Waals surface area contributed by atoms with Crippen LogP contribution in [0.1, 0.15) is 233 Å². The molecule has 6 nitrogen and oxygen atoms in total. The van der Waals surface area contributed by atoms with Crippen molar-refractivity contribution in [3.63, 3.8) is 0 Å². The summed E-state index contributed by atoms with van der Waals surface area (Å²) >= 11 is 0. The van der Waals surface area contributed by atoms with E-state index < -0.39 is 18.2 Å². The number of carbonyl (C=O) groups excluding carboxylic acids is 2. The van der Waals surface area contributed by atoms with E-state index in [2.05, 4.69) is 62.5 Å². The Balaban J connectivity index is 4.61. The van der Waals surface area contributed by atoms with Gasteiger partial charge in [0.2, 0.25) is 5.91 Å². The molecule has 0 saturated heterocycles. The molecule has 0 bridgehead atoms. The van der Waals surface area contributed by atoms with E-state index in [0.29, 0.717) is 19.3 Å². The number of amides is 1. The molecular formula is C48H89NO5. The number of rotatable bonds is 41. The molecule has 54 heavy (non-hydrogen) atoms. The smallest absolute Gasteiger partial charge is 0.306 e. The Morgan fingerprint density at radius 1 is 0.556 bits per heavy atom. The summed E-state index contributed by atoms with van der Waals surface area (Å²) in [6, 6.07) is -0.703. The van der Waals surface area contributed by atoms with Crippen LogP contribution < -0.4 is 5.32 Å². The second kappa shape index (κ2) is 42.2. The van der Waals surface area contributed by atoms with Crippen molar-refractivity contribution in [3.05, 3.63) is 36.5 Å². The Bertz CT molecular complexity index is 900. The maximum Gasteiger partial charge on any atom is 0.306 e. The van der Waals surface area contributed by atoms with Crippen LogP contribution in [0.2, 0.25) is 0 Å². The SMILES string of the molecule is CC/C=C/C/C=C/CCCCCCCC(CC(=O)NC(CO)C(O)CCCCCCCCCCCCC)OC(=O)CCCCCCC/C=C\CCCCC. The van der Waals surface area contributed by atoms with Crippen molar-refractivity contribution >= 4 is 11.9 Å². The lowest BCUT2D eigenvalue weighted by Crippen LogP contribution is -2.46. The van der Waals surface area contributed by atoms with Gasteiger partial charge in [-0.3, -0.25) is 9.59 Å². The Morgan fingerprint density at radius 3 is 1.56 bits per heavy atom. The Morgan fingerprint density at radius 2 is 1.00 bits per heavy atom. The number of esters is 1. The van der Waals surface area contributed by atoms with Crippen LogP contribution in [0.3, 0.4) is 0 Å². The van der Waals surface area contributed by atoms with Gasteiger partial charge in [-0.05, 0) is 77.0 Å². The lowest BCUT2D eigenvalue weighted by atomic mass is 10.0. The number of aliphatic hydroxyl groups is 2. The monoisotopic (exact) mass is 760 g/mol. The summed E-state index contributed by atoms with van der Waals surface area (Å²) in [7, 11) is 0. The third-order valence-electron chi connectivity index (χ3n) is 10.5. The molecule has 6 heteroatoms. The van der Waals surface area contributed by atoms with Crippen LogP contribution in [0.5, 0.6) is 0 Å². The molecule has 0 aromatic heterocycles. The number of hydrogen-bond donors (Lipinski definition) is 3. The lowest BCUT2D eigenvalue weighted by molar-refractivity contribution is -0.151. The molecule has 0 saturated carbocycles. The second-order valence-corrected chi connectivity index (χ2v) is 15.8. The first-order valence-corrected chi connectivity index (χ1v) is 23.2. The van der Waals surface area contributed by atoms with Gasteiger partial charge in [-0.2, -0.15) is 0 Å². The average molecular weight is 760 g/mol. The van der Waals surface area contributed by atoms with Crippen molar-refractivity contribution in [2.75, 3.05) is 6.61 Å². The number of allylic oxidation sites excluding steroid dienone is 6. The van der Waals surface area contributed by atoms with Crippen molar-refractivity contribution in [2.24, 2.45) is 0 Å². The highest BCUT2D eigenvalue weighted by atomic mass is 16.5. The van der Waals surface area contributed by atoms with E-state index in [-0.39, 0.29) is 24.9 Å².